The van der Waals surface area contributed by atoms with Crippen molar-refractivity contribution in [1.29, 1.82) is 0 Å². The minimum absolute atomic E-state index is 0.752. The number of nitrogens with zero attached hydrogens (tertiary/aromatic N) is 1. The molecule has 0 aromatic heterocycles. The third kappa shape index (κ3) is 2.28. The Bertz CT molecular complexity index is 231. The lowest BCUT2D eigenvalue weighted by Gasteiger charge is -2.29. The molecule has 2 saturated carbocycles. The van der Waals surface area contributed by atoms with Gasteiger partial charge in [0, 0.05) is 12.6 Å². The summed E-state index contributed by atoms with van der Waals surface area (Å²) in [5, 5.41) is 2.17. The number of nitrogens with two attached hydrogens (primary N) is 1. The lowest BCUT2D eigenvalue weighted by molar-refractivity contribution is 0.180. The van der Waals surface area contributed by atoms with Crippen LogP contribution in [0.25, 0.3) is 0 Å². The van der Waals surface area contributed by atoms with Crippen molar-refractivity contribution < 1.29 is 0 Å². The highest BCUT2D eigenvalue weighted by Gasteiger charge is 2.43. The Morgan fingerprint density at radius 2 is 1.69 bits per heavy atom. The summed E-state index contributed by atoms with van der Waals surface area (Å²) in [5.74, 6) is 9.07. The van der Waals surface area contributed by atoms with Gasteiger partial charge in [-0.3, -0.25) is 5.84 Å². The van der Waals surface area contributed by atoms with Crippen LogP contribution in [0.5, 0.6) is 0 Å². The molecule has 16 heavy (non-hydrogen) atoms. The Balaban J connectivity index is 1.56. The Morgan fingerprint density at radius 1 is 0.938 bits per heavy atom. The third-order valence-corrected chi connectivity index (χ3v) is 5.09. The molecule has 0 bridgehead atoms. The maximum Gasteiger partial charge on any atom is 0.0298 e. The highest BCUT2D eigenvalue weighted by Crippen LogP contribution is 2.44. The molecule has 3 rings (SSSR count). The second-order valence-electron chi connectivity index (χ2n) is 6.35. The molecular formula is C14H26N2. The summed E-state index contributed by atoms with van der Waals surface area (Å²) in [4.78, 5) is 0. The molecule has 1 heterocycles. The molecule has 0 amide bonds. The van der Waals surface area contributed by atoms with E-state index in [2.05, 4.69) is 5.01 Å². The standard InChI is InChI=1S/C14H26N2/c15-16-9-8-13(14(16)12-6-7-12)10-11-4-2-1-3-5-11/h11-14H,1-10,15H2. The number of rotatable bonds is 3. The van der Waals surface area contributed by atoms with Gasteiger partial charge in [-0.25, -0.2) is 5.01 Å². The van der Waals surface area contributed by atoms with Crippen LogP contribution < -0.4 is 5.84 Å². The van der Waals surface area contributed by atoms with Crippen LogP contribution in [-0.2, 0) is 0 Å². The summed E-state index contributed by atoms with van der Waals surface area (Å²) in [7, 11) is 0. The quantitative estimate of drug-likeness (QED) is 0.744. The predicted molar refractivity (Wildman–Crippen MR) is 66.7 cm³/mol. The lowest BCUT2D eigenvalue weighted by atomic mass is 9.80. The lowest BCUT2D eigenvalue weighted by Crippen LogP contribution is -2.40. The van der Waals surface area contributed by atoms with Gasteiger partial charge < -0.3 is 0 Å². The van der Waals surface area contributed by atoms with E-state index in [1.165, 1.54) is 57.8 Å². The Labute approximate surface area is 99.5 Å². The average molecular weight is 222 g/mol. The fraction of sp³-hybridized carbons (Fsp3) is 1.00. The van der Waals surface area contributed by atoms with E-state index in [-0.39, 0.29) is 0 Å². The zero-order chi connectivity index (χ0) is 11.0. The summed E-state index contributed by atoms with van der Waals surface area (Å²) in [6.07, 6.45) is 13.2. The molecule has 0 spiro atoms. The molecule has 2 atom stereocenters. The van der Waals surface area contributed by atoms with E-state index >= 15 is 0 Å². The molecule has 2 nitrogen and oxygen atoms in total. The Morgan fingerprint density at radius 3 is 2.38 bits per heavy atom. The summed E-state index contributed by atoms with van der Waals surface area (Å²) in [6.45, 7) is 1.15. The monoisotopic (exact) mass is 222 g/mol. The van der Waals surface area contributed by atoms with Crippen LogP contribution in [0.1, 0.15) is 57.8 Å². The molecule has 0 aromatic carbocycles. The summed E-state index contributed by atoms with van der Waals surface area (Å²) in [5.41, 5.74) is 0. The largest absolute Gasteiger partial charge is 0.269 e. The van der Waals surface area contributed by atoms with Gasteiger partial charge in [0.2, 0.25) is 0 Å². The molecule has 3 fully saturated rings. The molecule has 2 aliphatic carbocycles. The first-order chi connectivity index (χ1) is 7.84. The van der Waals surface area contributed by atoms with Crippen molar-refractivity contribution in [3.63, 3.8) is 0 Å². The van der Waals surface area contributed by atoms with Crippen molar-refractivity contribution in [3.05, 3.63) is 0 Å². The molecule has 92 valence electrons. The van der Waals surface area contributed by atoms with E-state index < -0.39 is 0 Å². The van der Waals surface area contributed by atoms with E-state index in [0.717, 1.165) is 30.3 Å². The average Bonchev–Trinajstić information content (AvgIpc) is 3.07. The van der Waals surface area contributed by atoms with E-state index in [0.29, 0.717) is 0 Å². The molecule has 0 aromatic rings. The Hall–Kier alpha value is -0.0800. The highest BCUT2D eigenvalue weighted by molar-refractivity contribution is 4.95. The van der Waals surface area contributed by atoms with Crippen LogP contribution in [-0.4, -0.2) is 17.6 Å². The van der Waals surface area contributed by atoms with E-state index in [1.54, 1.807) is 0 Å². The number of hydrogen-bond donors (Lipinski definition) is 1. The minimum Gasteiger partial charge on any atom is -0.269 e. The highest BCUT2D eigenvalue weighted by atomic mass is 15.4. The van der Waals surface area contributed by atoms with Crippen LogP contribution in [0.3, 0.4) is 0 Å². The maximum atomic E-state index is 6.15. The second kappa shape index (κ2) is 4.66. The zero-order valence-electron chi connectivity index (χ0n) is 10.4. The molecule has 2 N–H and O–H groups in total. The molecule has 1 saturated heterocycles. The number of hydrazine groups is 1. The summed E-state index contributed by atoms with van der Waals surface area (Å²) < 4.78 is 0. The van der Waals surface area contributed by atoms with E-state index in [9.17, 15) is 0 Å². The van der Waals surface area contributed by atoms with Gasteiger partial charge in [0.1, 0.15) is 0 Å². The van der Waals surface area contributed by atoms with Gasteiger partial charge in [0.15, 0.2) is 0 Å². The smallest absolute Gasteiger partial charge is 0.0298 e. The first-order valence-corrected chi connectivity index (χ1v) is 7.36. The van der Waals surface area contributed by atoms with Crippen LogP contribution >= 0.6 is 0 Å². The van der Waals surface area contributed by atoms with Crippen LogP contribution in [0.4, 0.5) is 0 Å². The molecular weight excluding hydrogens is 196 g/mol. The third-order valence-electron chi connectivity index (χ3n) is 5.09. The van der Waals surface area contributed by atoms with Gasteiger partial charge in [-0.1, -0.05) is 32.1 Å². The van der Waals surface area contributed by atoms with Crippen molar-refractivity contribution in [3.8, 4) is 0 Å². The SMILES string of the molecule is NN1CCC(CC2CCCCC2)C1C1CC1. The van der Waals surface area contributed by atoms with Gasteiger partial charge in [0.25, 0.3) is 0 Å². The van der Waals surface area contributed by atoms with E-state index in [1.807, 2.05) is 0 Å². The first-order valence-electron chi connectivity index (χ1n) is 7.36. The first kappa shape index (κ1) is 11.0. The van der Waals surface area contributed by atoms with Crippen molar-refractivity contribution in [2.24, 2.45) is 23.6 Å². The zero-order valence-corrected chi connectivity index (χ0v) is 10.4. The molecule has 2 heteroatoms. The molecule has 2 unspecified atom stereocenters. The summed E-state index contributed by atoms with van der Waals surface area (Å²) >= 11 is 0. The van der Waals surface area contributed by atoms with Gasteiger partial charge in [-0.15, -0.1) is 0 Å². The van der Waals surface area contributed by atoms with Crippen LogP contribution in [0, 0.1) is 17.8 Å². The van der Waals surface area contributed by atoms with Gasteiger partial charge in [-0.2, -0.15) is 0 Å². The van der Waals surface area contributed by atoms with Crippen LogP contribution in [0.2, 0.25) is 0 Å². The fourth-order valence-corrected chi connectivity index (χ4v) is 4.11. The van der Waals surface area contributed by atoms with Crippen molar-refractivity contribution in [2.75, 3.05) is 6.54 Å². The minimum atomic E-state index is 0.752. The number of hydrogen-bond acceptors (Lipinski definition) is 2. The van der Waals surface area contributed by atoms with Gasteiger partial charge in [-0.05, 0) is 43.4 Å². The molecule has 0 radical (unpaired) electrons. The predicted octanol–water partition coefficient (Wildman–Crippen LogP) is 2.93. The summed E-state index contributed by atoms with van der Waals surface area (Å²) in [6, 6.07) is 0.752. The van der Waals surface area contributed by atoms with Gasteiger partial charge >= 0.3 is 0 Å². The van der Waals surface area contributed by atoms with Gasteiger partial charge in [0.05, 0.1) is 0 Å². The maximum absolute atomic E-state index is 6.15. The topological polar surface area (TPSA) is 29.3 Å². The second-order valence-corrected chi connectivity index (χ2v) is 6.35. The van der Waals surface area contributed by atoms with Crippen molar-refractivity contribution in [2.45, 2.75) is 63.8 Å². The van der Waals surface area contributed by atoms with Crippen molar-refractivity contribution >= 4 is 0 Å². The van der Waals surface area contributed by atoms with Crippen LogP contribution in [0.15, 0.2) is 0 Å². The van der Waals surface area contributed by atoms with E-state index in [4.69, 9.17) is 5.84 Å². The molecule has 3 aliphatic rings. The normalized spacial score (nSPS) is 38.1. The van der Waals surface area contributed by atoms with Crippen molar-refractivity contribution in [1.82, 2.24) is 5.01 Å². The Kier molecular flexibility index (Phi) is 3.21. The fourth-order valence-electron chi connectivity index (χ4n) is 4.11. The molecule has 1 aliphatic heterocycles.